The molecule has 0 bridgehead atoms. The third kappa shape index (κ3) is 3.80. The van der Waals surface area contributed by atoms with Gasteiger partial charge in [0.05, 0.1) is 21.8 Å². The van der Waals surface area contributed by atoms with Crippen molar-refractivity contribution in [1.82, 2.24) is 4.98 Å². The lowest BCUT2D eigenvalue weighted by Gasteiger charge is -2.23. The van der Waals surface area contributed by atoms with E-state index in [-0.39, 0.29) is 17.1 Å². The molecule has 0 aliphatic carbocycles. The lowest BCUT2D eigenvalue weighted by molar-refractivity contribution is -0.132. The molecule has 4 aromatic rings. The summed E-state index contributed by atoms with van der Waals surface area (Å²) in [5.41, 5.74) is 1.53. The number of ketones is 1. The minimum Gasteiger partial charge on any atom is -0.508 e. The fraction of sp³-hybridized carbons (Fsp3) is 0.0417. The van der Waals surface area contributed by atoms with Gasteiger partial charge in [-0.05, 0) is 48.0 Å². The van der Waals surface area contributed by atoms with Gasteiger partial charge in [0.15, 0.2) is 5.13 Å². The Kier molecular flexibility index (Phi) is 5.44. The number of halogens is 2. The Balaban J connectivity index is 1.73. The van der Waals surface area contributed by atoms with E-state index in [4.69, 9.17) is 11.6 Å². The van der Waals surface area contributed by atoms with Crippen molar-refractivity contribution in [3.05, 3.63) is 92.9 Å². The van der Waals surface area contributed by atoms with E-state index in [0.29, 0.717) is 26.8 Å². The summed E-state index contributed by atoms with van der Waals surface area (Å²) in [4.78, 5) is 32.2. The monoisotopic (exact) mass is 540 g/mol. The molecule has 2 heterocycles. The highest BCUT2D eigenvalue weighted by molar-refractivity contribution is 9.10. The maximum absolute atomic E-state index is 13.2. The summed E-state index contributed by atoms with van der Waals surface area (Å²) < 4.78 is 1.57. The van der Waals surface area contributed by atoms with E-state index < -0.39 is 17.7 Å². The highest BCUT2D eigenvalue weighted by Crippen LogP contribution is 2.44. The van der Waals surface area contributed by atoms with Crippen LogP contribution in [0.1, 0.15) is 17.2 Å². The van der Waals surface area contributed by atoms with Crippen molar-refractivity contribution < 1.29 is 19.8 Å². The van der Waals surface area contributed by atoms with Gasteiger partial charge in [0.1, 0.15) is 11.5 Å². The molecule has 0 spiro atoms. The summed E-state index contributed by atoms with van der Waals surface area (Å²) in [5.74, 6) is -1.86. The molecule has 1 aliphatic heterocycles. The van der Waals surface area contributed by atoms with Gasteiger partial charge >= 0.3 is 5.91 Å². The maximum Gasteiger partial charge on any atom is 0.301 e. The number of nitrogens with zero attached hydrogens (tertiary/aromatic N) is 2. The lowest BCUT2D eigenvalue weighted by Crippen LogP contribution is -2.29. The summed E-state index contributed by atoms with van der Waals surface area (Å²) in [6, 6.07) is 17.2. The number of phenolic OH excluding ortho intramolecular Hbond substituents is 1. The van der Waals surface area contributed by atoms with Crippen LogP contribution in [0.5, 0.6) is 5.75 Å². The van der Waals surface area contributed by atoms with Crippen molar-refractivity contribution in [3.8, 4) is 5.75 Å². The zero-order chi connectivity index (χ0) is 23.3. The number of aromatic nitrogens is 1. The molecule has 1 fully saturated rings. The van der Waals surface area contributed by atoms with Crippen LogP contribution in [0.4, 0.5) is 5.13 Å². The first-order chi connectivity index (χ1) is 15.8. The number of rotatable bonds is 3. The van der Waals surface area contributed by atoms with Crippen molar-refractivity contribution >= 4 is 71.7 Å². The van der Waals surface area contributed by atoms with Crippen LogP contribution < -0.4 is 4.90 Å². The zero-order valence-corrected chi connectivity index (χ0v) is 19.9. The highest BCUT2D eigenvalue weighted by Gasteiger charge is 2.48. The van der Waals surface area contributed by atoms with Gasteiger partial charge in [-0.25, -0.2) is 4.98 Å². The molecule has 6 nitrogen and oxygen atoms in total. The number of carbonyl (C=O) groups is 2. The van der Waals surface area contributed by atoms with Gasteiger partial charge in [0.25, 0.3) is 5.78 Å². The van der Waals surface area contributed by atoms with Crippen LogP contribution in [0.2, 0.25) is 5.02 Å². The Hall–Kier alpha value is -3.20. The standard InChI is InChI=1S/C24H14BrClN2O4S/c25-14-5-1-13(2-6-14)21(30)19-20(12-3-8-16(29)9-4-12)28(23(32)22(19)31)24-27-17-10-7-15(26)11-18(17)33-24/h1-11,20,29-30H/b21-19+. The molecule has 0 saturated carbocycles. The Bertz CT molecular complexity index is 1450. The number of hydrogen-bond donors (Lipinski definition) is 2. The Morgan fingerprint density at radius 2 is 1.73 bits per heavy atom. The average molecular weight is 542 g/mol. The number of hydrogen-bond acceptors (Lipinski definition) is 6. The van der Waals surface area contributed by atoms with Crippen LogP contribution in [0.3, 0.4) is 0 Å². The second-order valence-electron chi connectivity index (χ2n) is 7.38. The number of aromatic hydroxyl groups is 1. The van der Waals surface area contributed by atoms with Crippen LogP contribution >= 0.6 is 38.9 Å². The van der Waals surface area contributed by atoms with E-state index in [1.165, 1.54) is 28.4 Å². The number of carbonyl (C=O) groups excluding carboxylic acids is 2. The van der Waals surface area contributed by atoms with E-state index in [9.17, 15) is 19.8 Å². The number of amides is 1. The number of anilines is 1. The van der Waals surface area contributed by atoms with Crippen LogP contribution in [-0.2, 0) is 9.59 Å². The summed E-state index contributed by atoms with van der Waals surface area (Å²) in [6.45, 7) is 0. The molecule has 1 aliphatic rings. The minimum absolute atomic E-state index is 0.0400. The number of aliphatic hydroxyl groups excluding tert-OH is 1. The SMILES string of the molecule is O=C1C(=O)N(c2nc3ccc(Cl)cc3s2)C(c2ccc(O)cc2)/C1=C(\O)c1ccc(Br)cc1. The third-order valence-corrected chi connectivity index (χ3v) is 7.10. The van der Waals surface area contributed by atoms with Crippen LogP contribution in [0.15, 0.2) is 76.8 Å². The molecule has 2 N–H and O–H groups in total. The summed E-state index contributed by atoms with van der Waals surface area (Å²) in [5, 5.41) is 21.7. The third-order valence-electron chi connectivity index (χ3n) is 5.32. The summed E-state index contributed by atoms with van der Waals surface area (Å²) in [7, 11) is 0. The van der Waals surface area contributed by atoms with E-state index in [1.807, 2.05) is 0 Å². The molecule has 1 amide bonds. The first kappa shape index (κ1) is 21.6. The van der Waals surface area contributed by atoms with Crippen LogP contribution in [0, 0.1) is 0 Å². The number of thiazole rings is 1. The average Bonchev–Trinajstić information content (AvgIpc) is 3.32. The van der Waals surface area contributed by atoms with Crippen molar-refractivity contribution in [2.24, 2.45) is 0 Å². The Morgan fingerprint density at radius 1 is 1.03 bits per heavy atom. The summed E-state index contributed by atoms with van der Waals surface area (Å²) in [6.07, 6.45) is 0. The molecule has 164 valence electrons. The summed E-state index contributed by atoms with van der Waals surface area (Å²) >= 11 is 10.7. The van der Waals surface area contributed by atoms with Gasteiger partial charge in [0, 0.05) is 15.1 Å². The van der Waals surface area contributed by atoms with Crippen molar-refractivity contribution in [2.45, 2.75) is 6.04 Å². The number of Topliss-reactive ketones (excluding diaryl/α,β-unsaturated/α-hetero) is 1. The first-order valence-electron chi connectivity index (χ1n) is 9.75. The molecule has 5 rings (SSSR count). The zero-order valence-electron chi connectivity index (χ0n) is 16.7. The molecular formula is C24H14BrClN2O4S. The predicted molar refractivity (Wildman–Crippen MR) is 132 cm³/mol. The Labute approximate surface area is 205 Å². The van der Waals surface area contributed by atoms with Gasteiger partial charge in [-0.3, -0.25) is 14.5 Å². The molecule has 0 radical (unpaired) electrons. The van der Waals surface area contributed by atoms with E-state index in [0.717, 1.165) is 9.17 Å². The Morgan fingerprint density at radius 3 is 2.42 bits per heavy atom. The van der Waals surface area contributed by atoms with Gasteiger partial charge in [0.2, 0.25) is 0 Å². The van der Waals surface area contributed by atoms with Crippen LogP contribution in [0.25, 0.3) is 16.0 Å². The fourth-order valence-corrected chi connectivity index (χ4v) is 5.29. The first-order valence-corrected chi connectivity index (χ1v) is 11.7. The minimum atomic E-state index is -0.926. The second kappa shape index (κ2) is 8.30. The van der Waals surface area contributed by atoms with Crippen LogP contribution in [-0.4, -0.2) is 26.9 Å². The van der Waals surface area contributed by atoms with Gasteiger partial charge < -0.3 is 10.2 Å². The second-order valence-corrected chi connectivity index (χ2v) is 9.74. The maximum atomic E-state index is 13.2. The van der Waals surface area contributed by atoms with Crippen molar-refractivity contribution in [1.29, 1.82) is 0 Å². The number of aliphatic hydroxyl groups is 1. The molecule has 33 heavy (non-hydrogen) atoms. The number of benzene rings is 3. The van der Waals surface area contributed by atoms with Crippen molar-refractivity contribution in [2.75, 3.05) is 4.90 Å². The van der Waals surface area contributed by atoms with Crippen molar-refractivity contribution in [3.63, 3.8) is 0 Å². The predicted octanol–water partition coefficient (Wildman–Crippen LogP) is 6.04. The fourth-order valence-electron chi connectivity index (χ4n) is 3.75. The molecular weight excluding hydrogens is 528 g/mol. The normalized spacial score (nSPS) is 17.8. The number of fused-ring (bicyclic) bond motifs is 1. The van der Waals surface area contributed by atoms with Gasteiger partial charge in [-0.15, -0.1) is 0 Å². The molecule has 1 unspecified atom stereocenters. The molecule has 1 aromatic heterocycles. The molecule has 1 saturated heterocycles. The molecule has 1 atom stereocenters. The van der Waals surface area contributed by atoms with Gasteiger partial charge in [-0.2, -0.15) is 0 Å². The van der Waals surface area contributed by atoms with Gasteiger partial charge in [-0.1, -0.05) is 63.1 Å². The van der Waals surface area contributed by atoms with E-state index in [1.54, 1.807) is 54.6 Å². The molecule has 3 aromatic carbocycles. The number of phenols is 1. The van der Waals surface area contributed by atoms with E-state index >= 15 is 0 Å². The topological polar surface area (TPSA) is 90.7 Å². The quantitative estimate of drug-likeness (QED) is 0.187. The smallest absolute Gasteiger partial charge is 0.301 e. The lowest BCUT2D eigenvalue weighted by atomic mass is 9.95. The molecule has 9 heteroatoms. The largest absolute Gasteiger partial charge is 0.508 e. The highest BCUT2D eigenvalue weighted by atomic mass is 79.9. The van der Waals surface area contributed by atoms with E-state index in [2.05, 4.69) is 20.9 Å².